The molecule has 2 aromatic heterocycles. The van der Waals surface area contributed by atoms with E-state index >= 15 is 0 Å². The average molecular weight is 529 g/mol. The van der Waals surface area contributed by atoms with Crippen molar-refractivity contribution in [3.63, 3.8) is 0 Å². The van der Waals surface area contributed by atoms with Gasteiger partial charge in [0.1, 0.15) is 5.75 Å². The maximum atomic E-state index is 13.9. The fourth-order valence-electron chi connectivity index (χ4n) is 3.82. The van der Waals surface area contributed by atoms with Crippen LogP contribution in [0.25, 0.3) is 11.2 Å². The number of allylic oxidation sites excluding steroid dienone is 2. The highest BCUT2D eigenvalue weighted by Crippen LogP contribution is 2.24. The lowest BCUT2D eigenvalue weighted by molar-refractivity contribution is 0.128. The molecule has 0 amide bonds. The van der Waals surface area contributed by atoms with E-state index in [1.165, 1.54) is 18.5 Å². The predicted molar refractivity (Wildman–Crippen MR) is 134 cm³/mol. The summed E-state index contributed by atoms with van der Waals surface area (Å²) >= 11 is 6.00. The van der Waals surface area contributed by atoms with E-state index in [0.29, 0.717) is 16.5 Å². The van der Waals surface area contributed by atoms with Crippen LogP contribution in [-0.4, -0.2) is 31.8 Å². The molecule has 12 heteroatoms. The molecule has 5 rings (SSSR count). The van der Waals surface area contributed by atoms with Crippen molar-refractivity contribution in [2.45, 2.75) is 25.7 Å². The van der Waals surface area contributed by atoms with Crippen LogP contribution in [0, 0.1) is 0 Å². The highest BCUT2D eigenvalue weighted by molar-refractivity contribution is 6.30. The van der Waals surface area contributed by atoms with Crippen LogP contribution in [0.15, 0.2) is 83.8 Å². The summed E-state index contributed by atoms with van der Waals surface area (Å²) < 4.78 is 48.4. The third-order valence-corrected chi connectivity index (χ3v) is 5.79. The zero-order valence-corrected chi connectivity index (χ0v) is 19.9. The topological polar surface area (TPSA) is 86.0 Å². The number of alkyl halides is 2. The average Bonchev–Trinajstić information content (AvgIpc) is 3.29. The number of anilines is 2. The van der Waals surface area contributed by atoms with Crippen LogP contribution in [-0.2, 0) is 13.1 Å². The van der Waals surface area contributed by atoms with Gasteiger partial charge in [0.05, 0.1) is 19.4 Å². The van der Waals surface area contributed by atoms with Crippen molar-refractivity contribution >= 4 is 34.4 Å². The Morgan fingerprint density at radius 3 is 2.59 bits per heavy atom. The Hall–Kier alpha value is -4.25. The molecule has 0 saturated carbocycles. The van der Waals surface area contributed by atoms with Gasteiger partial charge in [-0.15, -0.1) is 0 Å². The summed E-state index contributed by atoms with van der Waals surface area (Å²) in [4.78, 5) is 21.2. The van der Waals surface area contributed by atoms with Gasteiger partial charge >= 0.3 is 5.56 Å². The molecule has 4 aromatic rings. The molecule has 1 aliphatic heterocycles. The van der Waals surface area contributed by atoms with Gasteiger partial charge in [0.2, 0.25) is 12.2 Å². The highest BCUT2D eigenvalue weighted by atomic mass is 35.5. The number of rotatable bonds is 8. The second kappa shape index (κ2) is 10.4. The lowest BCUT2D eigenvalue weighted by Crippen LogP contribution is -2.32. The third-order valence-electron chi connectivity index (χ3n) is 5.54. The number of hydrogen-bond donors (Lipinski definition) is 2. The Bertz CT molecular complexity index is 1530. The molecule has 0 spiro atoms. The maximum Gasteiger partial charge on any atom is 0.300 e. The lowest BCUT2D eigenvalue weighted by Gasteiger charge is -2.20. The fourth-order valence-corrected chi connectivity index (χ4v) is 3.95. The van der Waals surface area contributed by atoms with Crippen molar-refractivity contribution in [2.24, 2.45) is 0 Å². The first-order valence-corrected chi connectivity index (χ1v) is 11.6. The van der Waals surface area contributed by atoms with E-state index in [0.717, 1.165) is 10.1 Å². The molecule has 0 aliphatic carbocycles. The summed E-state index contributed by atoms with van der Waals surface area (Å²) in [7, 11) is 0. The number of nitrogens with one attached hydrogen (secondary N) is 2. The second-order valence-corrected chi connectivity index (χ2v) is 8.57. The molecule has 0 fully saturated rings. The molecule has 190 valence electrons. The molecule has 37 heavy (non-hydrogen) atoms. The lowest BCUT2D eigenvalue weighted by atomic mass is 10.2. The summed E-state index contributed by atoms with van der Waals surface area (Å²) in [5.41, 5.74) is 0.879. The van der Waals surface area contributed by atoms with Crippen LogP contribution in [0.5, 0.6) is 5.75 Å². The number of imidazole rings is 1. The van der Waals surface area contributed by atoms with Gasteiger partial charge in [0, 0.05) is 10.7 Å². The maximum absolute atomic E-state index is 13.9. The van der Waals surface area contributed by atoms with Crippen molar-refractivity contribution in [2.75, 3.05) is 5.32 Å². The summed E-state index contributed by atoms with van der Waals surface area (Å²) in [6.45, 7) is -0.438. The fraction of sp³-hybridized carbons (Fsp3) is 0.160. The first-order valence-electron chi connectivity index (χ1n) is 11.2. The van der Waals surface area contributed by atoms with Gasteiger partial charge in [-0.1, -0.05) is 23.7 Å². The number of hydrogen-bond acceptors (Lipinski definition) is 6. The smallest absolute Gasteiger partial charge is 0.300 e. The quantitative estimate of drug-likeness (QED) is 0.335. The molecular formula is C25H20ClF3N6O2. The van der Waals surface area contributed by atoms with Crippen molar-refractivity contribution in [1.29, 1.82) is 0 Å². The molecule has 0 saturated heterocycles. The molecule has 2 aromatic carbocycles. The number of halogens is 4. The van der Waals surface area contributed by atoms with E-state index in [1.807, 2.05) is 0 Å². The van der Waals surface area contributed by atoms with Gasteiger partial charge in [-0.2, -0.15) is 4.98 Å². The first kappa shape index (κ1) is 24.4. The second-order valence-electron chi connectivity index (χ2n) is 8.14. The Kier molecular flexibility index (Phi) is 6.87. The zero-order valence-electron chi connectivity index (χ0n) is 19.1. The van der Waals surface area contributed by atoms with Crippen molar-refractivity contribution in [3.8, 4) is 5.75 Å². The zero-order chi connectivity index (χ0) is 25.9. The minimum Gasteiger partial charge on any atom is -0.464 e. The molecule has 8 nitrogen and oxygen atoms in total. The van der Waals surface area contributed by atoms with E-state index in [1.54, 1.807) is 59.3 Å². The van der Waals surface area contributed by atoms with Crippen molar-refractivity contribution in [3.05, 3.63) is 100.0 Å². The Balaban J connectivity index is 1.47. The van der Waals surface area contributed by atoms with Gasteiger partial charge < -0.3 is 19.9 Å². The third kappa shape index (κ3) is 5.46. The molecule has 0 radical (unpaired) electrons. The largest absolute Gasteiger partial charge is 0.464 e. The molecule has 1 aliphatic rings. The van der Waals surface area contributed by atoms with E-state index in [4.69, 9.17) is 16.3 Å². The van der Waals surface area contributed by atoms with E-state index in [2.05, 4.69) is 20.6 Å². The van der Waals surface area contributed by atoms with Crippen molar-refractivity contribution < 1.29 is 17.9 Å². The number of aromatic nitrogens is 4. The monoisotopic (exact) mass is 528 g/mol. The van der Waals surface area contributed by atoms with E-state index in [-0.39, 0.29) is 23.7 Å². The highest BCUT2D eigenvalue weighted by Gasteiger charge is 2.19. The van der Waals surface area contributed by atoms with Crippen molar-refractivity contribution in [1.82, 2.24) is 24.4 Å². The molecule has 1 unspecified atom stereocenters. The van der Waals surface area contributed by atoms with Crippen LogP contribution in [0.2, 0.25) is 5.02 Å². The molecule has 2 N–H and O–H groups in total. The summed E-state index contributed by atoms with van der Waals surface area (Å²) in [6, 6.07) is 13.7. The van der Waals surface area contributed by atoms with Gasteiger partial charge in [-0.3, -0.25) is 9.36 Å². The standard InChI is InChI=1S/C25H20ClF3N6O2/c26-16-5-3-15(4-6-16)12-35-22-21(34(14-31-22)13-20(28)29)23(36)33-25(35)32-17-7-9-18(10-8-17)37-24-19(27)2-1-11-30-24/h1-11,14,20,24,30H,12-13H2,(H,32,33,36). The van der Waals surface area contributed by atoms with Gasteiger partial charge in [-0.25, -0.2) is 18.2 Å². The van der Waals surface area contributed by atoms with Crippen LogP contribution in [0.4, 0.5) is 24.8 Å². The summed E-state index contributed by atoms with van der Waals surface area (Å²) in [5.74, 6) is 0.116. The summed E-state index contributed by atoms with van der Waals surface area (Å²) in [5, 5.41) is 6.42. The minimum absolute atomic E-state index is 0.0207. The number of nitrogens with zero attached hydrogens (tertiary/aromatic N) is 4. The van der Waals surface area contributed by atoms with E-state index < -0.39 is 30.6 Å². The molecule has 3 heterocycles. The first-order chi connectivity index (χ1) is 17.9. The number of benzene rings is 2. The normalized spacial score (nSPS) is 15.1. The number of ether oxygens (including phenoxy) is 1. The van der Waals surface area contributed by atoms with Crippen LogP contribution in [0.1, 0.15) is 5.56 Å². The SMILES string of the molecule is O=c1nc(Nc2ccc(OC3NC=CC=C3F)cc2)n(Cc2ccc(Cl)cc2)c2ncn(CC(F)F)c12. The predicted octanol–water partition coefficient (Wildman–Crippen LogP) is 4.98. The van der Waals surface area contributed by atoms with Gasteiger partial charge in [0.25, 0.3) is 6.43 Å². The minimum atomic E-state index is -2.66. The summed E-state index contributed by atoms with van der Waals surface area (Å²) in [6.07, 6.45) is 2.03. The van der Waals surface area contributed by atoms with Crippen LogP contribution in [0.3, 0.4) is 0 Å². The molecular weight excluding hydrogens is 509 g/mol. The molecule has 0 bridgehead atoms. The number of fused-ring (bicyclic) bond motifs is 1. The Morgan fingerprint density at radius 1 is 1.14 bits per heavy atom. The van der Waals surface area contributed by atoms with Crippen LogP contribution < -0.4 is 20.9 Å². The number of dihydropyridines is 1. The Labute approximate surface area is 213 Å². The van der Waals surface area contributed by atoms with E-state index in [9.17, 15) is 18.0 Å². The van der Waals surface area contributed by atoms with Gasteiger partial charge in [-0.05, 0) is 60.3 Å². The van der Waals surface area contributed by atoms with Crippen LogP contribution >= 0.6 is 11.6 Å². The Morgan fingerprint density at radius 2 is 1.89 bits per heavy atom. The van der Waals surface area contributed by atoms with Gasteiger partial charge in [0.15, 0.2) is 17.0 Å². The molecule has 1 atom stereocenters.